The highest BCUT2D eigenvalue weighted by Crippen LogP contribution is 2.20. The molecule has 2 aromatic rings. The Balaban J connectivity index is 2.76. The lowest BCUT2D eigenvalue weighted by Crippen LogP contribution is -1.76. The van der Waals surface area contributed by atoms with Gasteiger partial charge in [0.15, 0.2) is 5.65 Å². The summed E-state index contributed by atoms with van der Waals surface area (Å²) in [5, 5.41) is 8.80. The number of hydrogen-bond acceptors (Lipinski definition) is 4. The Hall–Kier alpha value is -1.10. The molecule has 11 heavy (non-hydrogen) atoms. The molecular formula is C6H6N4S. The fraction of sp³-hybridized carbons (Fsp3) is 0.167. The maximum absolute atomic E-state index is 4.05. The van der Waals surface area contributed by atoms with Crippen molar-refractivity contribution in [3.63, 3.8) is 0 Å². The molecule has 0 bridgehead atoms. The number of fused-ring (bicyclic) bond motifs is 1. The quantitative estimate of drug-likeness (QED) is 0.644. The molecule has 0 aliphatic heterocycles. The lowest BCUT2D eigenvalue weighted by molar-refractivity contribution is 1.02. The molecule has 0 amide bonds. The van der Waals surface area contributed by atoms with Crippen LogP contribution in [0.3, 0.4) is 0 Å². The molecule has 0 aromatic carbocycles. The topological polar surface area (TPSA) is 54.5 Å². The van der Waals surface area contributed by atoms with Crippen molar-refractivity contribution in [2.45, 2.75) is 5.03 Å². The van der Waals surface area contributed by atoms with Crippen LogP contribution in [-0.4, -0.2) is 26.4 Å². The van der Waals surface area contributed by atoms with Crippen LogP contribution in [0.1, 0.15) is 0 Å². The van der Waals surface area contributed by atoms with Crippen LogP contribution in [0.5, 0.6) is 0 Å². The molecule has 0 saturated carbocycles. The van der Waals surface area contributed by atoms with E-state index in [1.807, 2.05) is 6.26 Å². The van der Waals surface area contributed by atoms with E-state index in [-0.39, 0.29) is 0 Å². The Morgan fingerprint density at radius 2 is 2.45 bits per heavy atom. The minimum Gasteiger partial charge on any atom is -0.260 e. The average Bonchev–Trinajstić information content (AvgIpc) is 2.47. The minimum atomic E-state index is 0.796. The van der Waals surface area contributed by atoms with E-state index in [0.29, 0.717) is 0 Å². The van der Waals surface area contributed by atoms with Crippen LogP contribution in [0.4, 0.5) is 0 Å². The van der Waals surface area contributed by atoms with Gasteiger partial charge in [0.1, 0.15) is 11.4 Å². The first-order chi connectivity index (χ1) is 5.42. The summed E-state index contributed by atoms with van der Waals surface area (Å²) in [5.41, 5.74) is 0.796. The SMILES string of the molecule is CSc1n[nH]c2ncncc12. The van der Waals surface area contributed by atoms with E-state index in [1.54, 1.807) is 18.0 Å². The van der Waals surface area contributed by atoms with Crippen LogP contribution in [-0.2, 0) is 0 Å². The Bertz CT molecular complexity index is 369. The van der Waals surface area contributed by atoms with Crippen LogP contribution in [0.15, 0.2) is 17.6 Å². The highest BCUT2D eigenvalue weighted by atomic mass is 32.2. The van der Waals surface area contributed by atoms with E-state index >= 15 is 0 Å². The van der Waals surface area contributed by atoms with Crippen LogP contribution in [0, 0.1) is 0 Å². The highest BCUT2D eigenvalue weighted by Gasteiger charge is 2.02. The van der Waals surface area contributed by atoms with Gasteiger partial charge in [-0.05, 0) is 6.26 Å². The second-order valence-electron chi connectivity index (χ2n) is 2.02. The molecule has 2 heterocycles. The number of rotatable bonds is 1. The zero-order valence-corrected chi connectivity index (χ0v) is 6.72. The third-order valence-electron chi connectivity index (χ3n) is 1.40. The van der Waals surface area contributed by atoms with Crippen molar-refractivity contribution in [1.82, 2.24) is 20.2 Å². The van der Waals surface area contributed by atoms with E-state index < -0.39 is 0 Å². The molecule has 1 N–H and O–H groups in total. The van der Waals surface area contributed by atoms with Crippen LogP contribution < -0.4 is 0 Å². The number of hydrogen-bond donors (Lipinski definition) is 1. The van der Waals surface area contributed by atoms with Crippen molar-refractivity contribution in [2.24, 2.45) is 0 Å². The van der Waals surface area contributed by atoms with Crippen molar-refractivity contribution < 1.29 is 0 Å². The summed E-state index contributed by atoms with van der Waals surface area (Å²) < 4.78 is 0. The smallest absolute Gasteiger partial charge is 0.159 e. The van der Waals surface area contributed by atoms with Crippen molar-refractivity contribution in [1.29, 1.82) is 0 Å². The first-order valence-electron chi connectivity index (χ1n) is 3.10. The predicted octanol–water partition coefficient (Wildman–Crippen LogP) is 1.07. The van der Waals surface area contributed by atoms with Gasteiger partial charge < -0.3 is 0 Å². The molecule has 5 heteroatoms. The van der Waals surface area contributed by atoms with Crippen molar-refractivity contribution in [2.75, 3.05) is 6.26 Å². The van der Waals surface area contributed by atoms with E-state index in [4.69, 9.17) is 0 Å². The number of thioether (sulfide) groups is 1. The number of aromatic nitrogens is 4. The second-order valence-corrected chi connectivity index (χ2v) is 2.81. The van der Waals surface area contributed by atoms with Gasteiger partial charge in [-0.25, -0.2) is 9.97 Å². The molecule has 0 spiro atoms. The third kappa shape index (κ3) is 0.970. The molecule has 0 atom stereocenters. The van der Waals surface area contributed by atoms with Crippen LogP contribution >= 0.6 is 11.8 Å². The van der Waals surface area contributed by atoms with Gasteiger partial charge in [-0.2, -0.15) is 5.10 Å². The summed E-state index contributed by atoms with van der Waals surface area (Å²) in [4.78, 5) is 7.92. The number of nitrogens with one attached hydrogen (secondary N) is 1. The Labute approximate surface area is 67.4 Å². The number of nitrogens with zero attached hydrogens (tertiary/aromatic N) is 3. The maximum atomic E-state index is 4.05. The van der Waals surface area contributed by atoms with E-state index in [2.05, 4.69) is 20.2 Å². The molecule has 2 aromatic heterocycles. The van der Waals surface area contributed by atoms with Gasteiger partial charge in [0.2, 0.25) is 0 Å². The molecule has 0 aliphatic rings. The molecule has 0 radical (unpaired) electrons. The Morgan fingerprint density at radius 1 is 1.55 bits per heavy atom. The Morgan fingerprint density at radius 3 is 3.27 bits per heavy atom. The van der Waals surface area contributed by atoms with E-state index in [0.717, 1.165) is 16.1 Å². The molecule has 2 rings (SSSR count). The van der Waals surface area contributed by atoms with Crippen LogP contribution in [0.2, 0.25) is 0 Å². The minimum absolute atomic E-state index is 0.796. The maximum Gasteiger partial charge on any atom is 0.159 e. The monoisotopic (exact) mass is 166 g/mol. The normalized spacial score (nSPS) is 10.6. The largest absolute Gasteiger partial charge is 0.260 e. The molecule has 0 unspecified atom stereocenters. The Kier molecular flexibility index (Phi) is 1.50. The van der Waals surface area contributed by atoms with Crippen molar-refractivity contribution in [3.8, 4) is 0 Å². The van der Waals surface area contributed by atoms with Crippen molar-refractivity contribution in [3.05, 3.63) is 12.5 Å². The summed E-state index contributed by atoms with van der Waals surface area (Å²) in [6.45, 7) is 0. The summed E-state index contributed by atoms with van der Waals surface area (Å²) in [6.07, 6.45) is 5.24. The van der Waals surface area contributed by atoms with E-state index in [1.165, 1.54) is 6.33 Å². The first kappa shape index (κ1) is 6.60. The molecule has 0 saturated heterocycles. The highest BCUT2D eigenvalue weighted by molar-refractivity contribution is 7.98. The fourth-order valence-electron chi connectivity index (χ4n) is 0.895. The van der Waals surface area contributed by atoms with Gasteiger partial charge in [0.05, 0.1) is 5.39 Å². The third-order valence-corrected chi connectivity index (χ3v) is 2.10. The summed E-state index contributed by atoms with van der Waals surface area (Å²) in [5.74, 6) is 0. The molecule has 4 nitrogen and oxygen atoms in total. The lowest BCUT2D eigenvalue weighted by Gasteiger charge is -1.86. The fourth-order valence-corrected chi connectivity index (χ4v) is 1.40. The standard InChI is InChI=1S/C6H6N4S/c1-11-6-4-2-7-3-8-5(4)9-10-6/h2-3H,1H3,(H,7,8,9,10). The zero-order valence-electron chi connectivity index (χ0n) is 5.90. The summed E-state index contributed by atoms with van der Waals surface area (Å²) in [7, 11) is 0. The predicted molar refractivity (Wildman–Crippen MR) is 43.5 cm³/mol. The number of H-pyrrole nitrogens is 1. The van der Waals surface area contributed by atoms with Crippen molar-refractivity contribution >= 4 is 22.8 Å². The van der Waals surface area contributed by atoms with Gasteiger partial charge in [0.25, 0.3) is 0 Å². The summed E-state index contributed by atoms with van der Waals surface area (Å²) in [6, 6.07) is 0. The van der Waals surface area contributed by atoms with Crippen LogP contribution in [0.25, 0.3) is 11.0 Å². The molecule has 56 valence electrons. The first-order valence-corrected chi connectivity index (χ1v) is 4.32. The molecule has 0 aliphatic carbocycles. The van der Waals surface area contributed by atoms with E-state index in [9.17, 15) is 0 Å². The second kappa shape index (κ2) is 2.50. The summed E-state index contributed by atoms with van der Waals surface area (Å²) >= 11 is 1.58. The van der Waals surface area contributed by atoms with Gasteiger partial charge >= 0.3 is 0 Å². The molecule has 0 fully saturated rings. The van der Waals surface area contributed by atoms with Gasteiger partial charge in [-0.15, -0.1) is 11.8 Å². The number of aromatic amines is 1. The van der Waals surface area contributed by atoms with Gasteiger partial charge in [-0.3, -0.25) is 5.10 Å². The van der Waals surface area contributed by atoms with Gasteiger partial charge in [0, 0.05) is 6.20 Å². The lowest BCUT2D eigenvalue weighted by atomic mass is 10.4. The zero-order chi connectivity index (χ0) is 7.68. The van der Waals surface area contributed by atoms with Gasteiger partial charge in [-0.1, -0.05) is 0 Å². The average molecular weight is 166 g/mol. The molecular weight excluding hydrogens is 160 g/mol.